The molecule has 0 N–H and O–H groups in total. The Morgan fingerprint density at radius 2 is 1.50 bits per heavy atom. The summed E-state index contributed by atoms with van der Waals surface area (Å²) in [6.45, 7) is 2.28. The molecule has 0 amide bonds. The molecule has 125 valence electrons. The van der Waals surface area contributed by atoms with Crippen LogP contribution in [-0.4, -0.2) is 0 Å². The molecular formula is C24H29. The third-order valence-corrected chi connectivity index (χ3v) is 5.00. The molecule has 3 aromatic rings. The lowest BCUT2D eigenvalue weighted by Crippen LogP contribution is -1.87. The summed E-state index contributed by atoms with van der Waals surface area (Å²) in [6.07, 6.45) is 12.3. The van der Waals surface area contributed by atoms with Crippen molar-refractivity contribution in [2.24, 2.45) is 0 Å². The normalized spacial score (nSPS) is 11.4. The Morgan fingerprint density at radius 1 is 0.708 bits per heavy atom. The Bertz CT molecular complexity index is 769. The van der Waals surface area contributed by atoms with Crippen molar-refractivity contribution < 1.29 is 0 Å². The van der Waals surface area contributed by atoms with Crippen LogP contribution in [0.15, 0.2) is 48.5 Å². The molecular weight excluding hydrogens is 288 g/mol. The molecule has 0 aromatic heterocycles. The zero-order valence-electron chi connectivity index (χ0n) is 15.0. The predicted octanol–water partition coefficient (Wildman–Crippen LogP) is 7.48. The lowest BCUT2D eigenvalue weighted by atomic mass is 9.99. The SMILES string of the molecule is CCCCCCCCCCc1ccc2cc3ccc[c]c3cc2c1. The Labute approximate surface area is 146 Å². The first-order chi connectivity index (χ1) is 11.9. The Balaban J connectivity index is 1.53. The number of aryl methyl sites for hydroxylation is 1. The number of hydrogen-bond donors (Lipinski definition) is 0. The summed E-state index contributed by atoms with van der Waals surface area (Å²) in [5, 5.41) is 5.18. The van der Waals surface area contributed by atoms with Crippen LogP contribution in [0.1, 0.15) is 63.9 Å². The van der Waals surface area contributed by atoms with Crippen molar-refractivity contribution in [1.82, 2.24) is 0 Å². The number of hydrogen-bond acceptors (Lipinski definition) is 0. The molecule has 0 nitrogen and oxygen atoms in total. The van der Waals surface area contributed by atoms with Gasteiger partial charge in [-0.2, -0.15) is 0 Å². The average Bonchev–Trinajstić information content (AvgIpc) is 2.62. The van der Waals surface area contributed by atoms with Crippen molar-refractivity contribution in [2.75, 3.05) is 0 Å². The van der Waals surface area contributed by atoms with Crippen molar-refractivity contribution in [2.45, 2.75) is 64.7 Å². The zero-order chi connectivity index (χ0) is 16.6. The van der Waals surface area contributed by atoms with Gasteiger partial charge in [0.2, 0.25) is 0 Å². The predicted molar refractivity (Wildman–Crippen MR) is 107 cm³/mol. The van der Waals surface area contributed by atoms with Gasteiger partial charge in [-0.05, 0) is 58.1 Å². The van der Waals surface area contributed by atoms with Crippen molar-refractivity contribution in [3.8, 4) is 0 Å². The van der Waals surface area contributed by atoms with Crippen LogP contribution in [-0.2, 0) is 6.42 Å². The fourth-order valence-corrected chi connectivity index (χ4v) is 3.54. The van der Waals surface area contributed by atoms with Crippen molar-refractivity contribution in [1.29, 1.82) is 0 Å². The Hall–Kier alpha value is -1.82. The first-order valence-electron chi connectivity index (χ1n) is 9.70. The summed E-state index contributed by atoms with van der Waals surface area (Å²) in [5.41, 5.74) is 1.48. The molecule has 24 heavy (non-hydrogen) atoms. The van der Waals surface area contributed by atoms with E-state index in [0.717, 1.165) is 0 Å². The van der Waals surface area contributed by atoms with E-state index in [-0.39, 0.29) is 0 Å². The van der Waals surface area contributed by atoms with Gasteiger partial charge in [-0.25, -0.2) is 0 Å². The van der Waals surface area contributed by atoms with Crippen molar-refractivity contribution in [3.05, 3.63) is 60.2 Å². The van der Waals surface area contributed by atoms with Gasteiger partial charge in [-0.3, -0.25) is 0 Å². The molecule has 0 atom stereocenters. The van der Waals surface area contributed by atoms with Gasteiger partial charge < -0.3 is 0 Å². The Kier molecular flexibility index (Phi) is 6.29. The van der Waals surface area contributed by atoms with Crippen LogP contribution >= 0.6 is 0 Å². The van der Waals surface area contributed by atoms with E-state index in [1.54, 1.807) is 0 Å². The van der Waals surface area contributed by atoms with Crippen LogP contribution in [0.4, 0.5) is 0 Å². The van der Waals surface area contributed by atoms with Gasteiger partial charge in [0.1, 0.15) is 0 Å². The molecule has 0 saturated carbocycles. The average molecular weight is 317 g/mol. The molecule has 0 unspecified atom stereocenters. The Morgan fingerprint density at radius 3 is 2.33 bits per heavy atom. The quantitative estimate of drug-likeness (QED) is 0.283. The minimum absolute atomic E-state index is 1.21. The second-order valence-electron chi connectivity index (χ2n) is 7.02. The lowest BCUT2D eigenvalue weighted by molar-refractivity contribution is 0.575. The monoisotopic (exact) mass is 317 g/mol. The highest BCUT2D eigenvalue weighted by molar-refractivity contribution is 5.98. The summed E-state index contributed by atoms with van der Waals surface area (Å²) < 4.78 is 0. The molecule has 0 spiro atoms. The topological polar surface area (TPSA) is 0 Å². The molecule has 1 radical (unpaired) electrons. The summed E-state index contributed by atoms with van der Waals surface area (Å²) in [4.78, 5) is 0. The van der Waals surface area contributed by atoms with Gasteiger partial charge in [0.25, 0.3) is 0 Å². The molecule has 0 aliphatic rings. The maximum Gasteiger partial charge on any atom is -0.00988 e. The molecule has 3 aromatic carbocycles. The highest BCUT2D eigenvalue weighted by Gasteiger charge is 2.00. The van der Waals surface area contributed by atoms with Crippen molar-refractivity contribution >= 4 is 21.5 Å². The molecule has 0 fully saturated rings. The molecule has 0 aliphatic carbocycles. The van der Waals surface area contributed by atoms with Crippen LogP contribution in [0.5, 0.6) is 0 Å². The van der Waals surface area contributed by atoms with E-state index in [1.807, 2.05) is 6.07 Å². The highest BCUT2D eigenvalue weighted by Crippen LogP contribution is 2.24. The maximum atomic E-state index is 3.34. The van der Waals surface area contributed by atoms with Gasteiger partial charge in [-0.15, -0.1) is 0 Å². The number of unbranched alkanes of at least 4 members (excludes halogenated alkanes) is 7. The molecule has 0 aliphatic heterocycles. The standard InChI is InChI=1S/C24H29/c1-2-3-4-5-6-7-8-9-12-20-15-16-23-18-21-13-10-11-14-22(21)19-24(23)17-20/h10-11,13,15-19H,2-9,12H2,1H3. The second-order valence-corrected chi connectivity index (χ2v) is 7.02. The summed E-state index contributed by atoms with van der Waals surface area (Å²) in [6, 6.07) is 21.1. The summed E-state index contributed by atoms with van der Waals surface area (Å²) >= 11 is 0. The van der Waals surface area contributed by atoms with E-state index in [2.05, 4.69) is 55.5 Å². The smallest absolute Gasteiger partial charge is 0.00988 e. The summed E-state index contributed by atoms with van der Waals surface area (Å²) in [5.74, 6) is 0. The van der Waals surface area contributed by atoms with E-state index >= 15 is 0 Å². The molecule has 0 heterocycles. The molecule has 3 rings (SSSR count). The minimum Gasteiger partial charge on any atom is -0.0654 e. The molecule has 0 saturated heterocycles. The third kappa shape index (κ3) is 4.60. The first-order valence-corrected chi connectivity index (χ1v) is 9.70. The van der Waals surface area contributed by atoms with Gasteiger partial charge in [0.15, 0.2) is 0 Å². The van der Waals surface area contributed by atoms with E-state index in [9.17, 15) is 0 Å². The van der Waals surface area contributed by atoms with Gasteiger partial charge >= 0.3 is 0 Å². The largest absolute Gasteiger partial charge is 0.0654 e. The van der Waals surface area contributed by atoms with E-state index < -0.39 is 0 Å². The van der Waals surface area contributed by atoms with Crippen molar-refractivity contribution in [3.63, 3.8) is 0 Å². The van der Waals surface area contributed by atoms with E-state index in [1.165, 1.54) is 84.9 Å². The second kappa shape index (κ2) is 8.87. The first kappa shape index (κ1) is 17.0. The lowest BCUT2D eigenvalue weighted by Gasteiger charge is -2.06. The minimum atomic E-state index is 1.21. The van der Waals surface area contributed by atoms with E-state index in [0.29, 0.717) is 0 Å². The fourth-order valence-electron chi connectivity index (χ4n) is 3.54. The van der Waals surface area contributed by atoms with Gasteiger partial charge in [0.05, 0.1) is 0 Å². The van der Waals surface area contributed by atoms with Crippen LogP contribution < -0.4 is 0 Å². The molecule has 0 bridgehead atoms. The number of fused-ring (bicyclic) bond motifs is 2. The third-order valence-electron chi connectivity index (χ3n) is 5.00. The number of rotatable bonds is 9. The van der Waals surface area contributed by atoms with Gasteiger partial charge in [-0.1, -0.05) is 88.3 Å². The van der Waals surface area contributed by atoms with E-state index in [4.69, 9.17) is 0 Å². The summed E-state index contributed by atoms with van der Waals surface area (Å²) in [7, 11) is 0. The molecule has 0 heteroatoms. The van der Waals surface area contributed by atoms with Crippen LogP contribution in [0.2, 0.25) is 0 Å². The van der Waals surface area contributed by atoms with Crippen LogP contribution in [0, 0.1) is 6.07 Å². The zero-order valence-corrected chi connectivity index (χ0v) is 15.0. The fraction of sp³-hybridized carbons (Fsp3) is 0.417. The highest BCUT2D eigenvalue weighted by atomic mass is 14.1. The van der Waals surface area contributed by atoms with Gasteiger partial charge in [0, 0.05) is 0 Å². The van der Waals surface area contributed by atoms with Crippen LogP contribution in [0.3, 0.4) is 0 Å². The van der Waals surface area contributed by atoms with Crippen LogP contribution in [0.25, 0.3) is 21.5 Å². The maximum absolute atomic E-state index is 3.34. The number of benzene rings is 3.